The van der Waals surface area contributed by atoms with Crippen molar-refractivity contribution in [3.8, 4) is 0 Å². The lowest BCUT2D eigenvalue weighted by Gasteiger charge is -2.16. The second kappa shape index (κ2) is 7.54. The van der Waals surface area contributed by atoms with Crippen molar-refractivity contribution in [3.63, 3.8) is 0 Å². The Kier molecular flexibility index (Phi) is 5.39. The second-order valence-corrected chi connectivity index (χ2v) is 7.83. The molecule has 2 aromatic rings. The molecule has 0 spiro atoms. The zero-order chi connectivity index (χ0) is 18.0. The third-order valence-electron chi connectivity index (χ3n) is 4.27. The van der Waals surface area contributed by atoms with Crippen molar-refractivity contribution in [1.82, 2.24) is 10.9 Å². The Labute approximate surface area is 154 Å². The van der Waals surface area contributed by atoms with E-state index in [-0.39, 0.29) is 22.9 Å². The average molecular weight is 381 g/mol. The van der Waals surface area contributed by atoms with Crippen molar-refractivity contribution in [2.24, 2.45) is 5.92 Å². The highest BCUT2D eigenvalue weighted by Gasteiger charge is 2.21. The van der Waals surface area contributed by atoms with E-state index in [0.29, 0.717) is 10.8 Å². The maximum Gasteiger partial charge on any atom is 0.279 e. The van der Waals surface area contributed by atoms with Gasteiger partial charge < -0.3 is 0 Å². The molecule has 0 radical (unpaired) electrons. The fourth-order valence-corrected chi connectivity index (χ4v) is 4.25. The lowest BCUT2D eigenvalue weighted by atomic mass is 9.90. The van der Waals surface area contributed by atoms with Gasteiger partial charge >= 0.3 is 0 Å². The van der Waals surface area contributed by atoms with Gasteiger partial charge in [-0.1, -0.05) is 24.6 Å². The smallest absolute Gasteiger partial charge is 0.273 e. The zero-order valence-electron chi connectivity index (χ0n) is 13.7. The number of benzene rings is 1. The van der Waals surface area contributed by atoms with Crippen molar-refractivity contribution < 1.29 is 14.0 Å². The Hall–Kier alpha value is -1.92. The van der Waals surface area contributed by atoms with Gasteiger partial charge in [-0.3, -0.25) is 20.4 Å². The predicted octanol–water partition coefficient (Wildman–Crippen LogP) is 3.67. The molecule has 4 nitrogen and oxygen atoms in total. The van der Waals surface area contributed by atoms with Gasteiger partial charge in [0.15, 0.2) is 0 Å². The molecule has 0 fully saturated rings. The van der Waals surface area contributed by atoms with Gasteiger partial charge in [-0.25, -0.2) is 4.39 Å². The molecule has 3 rings (SSSR count). The molecule has 0 saturated heterocycles. The summed E-state index contributed by atoms with van der Waals surface area (Å²) in [5.74, 6) is -0.812. The third-order valence-corrected chi connectivity index (χ3v) is 5.86. The minimum Gasteiger partial charge on any atom is -0.273 e. The van der Waals surface area contributed by atoms with E-state index >= 15 is 0 Å². The van der Waals surface area contributed by atoms with Gasteiger partial charge in [0.05, 0.1) is 11.3 Å². The van der Waals surface area contributed by atoms with Gasteiger partial charge in [0.1, 0.15) is 5.82 Å². The Morgan fingerprint density at radius 2 is 2.16 bits per heavy atom. The second-order valence-electron chi connectivity index (χ2n) is 6.29. The molecular weight excluding hydrogens is 363 g/mol. The van der Waals surface area contributed by atoms with E-state index in [1.807, 2.05) is 6.07 Å². The van der Waals surface area contributed by atoms with Gasteiger partial charge in [0.25, 0.3) is 5.91 Å². The summed E-state index contributed by atoms with van der Waals surface area (Å²) in [5, 5.41) is 0.182. The fourth-order valence-electron chi connectivity index (χ4n) is 2.91. The number of halogens is 2. The van der Waals surface area contributed by atoms with Crippen LogP contribution in [0, 0.1) is 11.7 Å². The van der Waals surface area contributed by atoms with Gasteiger partial charge in [-0.15, -0.1) is 11.3 Å². The van der Waals surface area contributed by atoms with Gasteiger partial charge in [0, 0.05) is 15.5 Å². The molecule has 1 aliphatic rings. The number of nitrogens with one attached hydrogen (secondary N) is 2. The highest BCUT2D eigenvalue weighted by Crippen LogP contribution is 2.32. The van der Waals surface area contributed by atoms with Crippen LogP contribution in [0.4, 0.5) is 4.39 Å². The Balaban J connectivity index is 1.58. The van der Waals surface area contributed by atoms with E-state index in [0.717, 1.165) is 19.3 Å². The number of carbonyl (C=O) groups excluding carboxylic acids is 2. The summed E-state index contributed by atoms with van der Waals surface area (Å²) in [6.45, 7) is 2.20. The maximum absolute atomic E-state index is 13.7. The number of carbonyl (C=O) groups is 2. The van der Waals surface area contributed by atoms with Crippen LogP contribution in [0.15, 0.2) is 24.3 Å². The first-order valence-electron chi connectivity index (χ1n) is 8.07. The average Bonchev–Trinajstić information content (AvgIpc) is 2.99. The van der Waals surface area contributed by atoms with Crippen molar-refractivity contribution >= 4 is 34.8 Å². The van der Waals surface area contributed by atoms with Crippen molar-refractivity contribution in [3.05, 3.63) is 56.0 Å². The van der Waals surface area contributed by atoms with Gasteiger partial charge in [-0.05, 0) is 48.9 Å². The molecular formula is C18H18ClFN2O2S. The van der Waals surface area contributed by atoms with E-state index in [4.69, 9.17) is 11.6 Å². The van der Waals surface area contributed by atoms with Crippen molar-refractivity contribution in [1.29, 1.82) is 0 Å². The van der Waals surface area contributed by atoms with E-state index < -0.39 is 11.7 Å². The molecule has 2 amide bonds. The molecule has 25 heavy (non-hydrogen) atoms. The summed E-state index contributed by atoms with van der Waals surface area (Å²) in [4.78, 5) is 26.0. The first-order valence-corrected chi connectivity index (χ1v) is 9.27. The molecule has 1 heterocycles. The largest absolute Gasteiger partial charge is 0.279 e. The number of hydrogen-bond acceptors (Lipinski definition) is 3. The Morgan fingerprint density at radius 3 is 2.92 bits per heavy atom. The summed E-state index contributed by atoms with van der Waals surface area (Å²) >= 11 is 7.36. The Bertz CT molecular complexity index is 801. The first kappa shape index (κ1) is 17.9. The number of hydrazine groups is 1. The van der Waals surface area contributed by atoms with Gasteiger partial charge in [-0.2, -0.15) is 0 Å². The molecule has 2 N–H and O–H groups in total. The molecule has 7 heteroatoms. The number of rotatable bonds is 3. The topological polar surface area (TPSA) is 58.2 Å². The van der Waals surface area contributed by atoms with E-state index in [1.165, 1.54) is 40.0 Å². The summed E-state index contributed by atoms with van der Waals surface area (Å²) in [7, 11) is 0. The molecule has 0 unspecified atom stereocenters. The molecule has 0 aliphatic heterocycles. The van der Waals surface area contributed by atoms with Crippen LogP contribution >= 0.6 is 22.9 Å². The number of hydrogen-bond donors (Lipinski definition) is 2. The van der Waals surface area contributed by atoms with E-state index in [2.05, 4.69) is 17.8 Å². The number of aryl methyl sites for hydroxylation is 1. The molecule has 0 bridgehead atoms. The van der Waals surface area contributed by atoms with Crippen LogP contribution in [0.1, 0.15) is 39.0 Å². The third kappa shape index (κ3) is 4.19. The Morgan fingerprint density at radius 1 is 1.36 bits per heavy atom. The number of fused-ring (bicyclic) bond motifs is 1. The molecule has 1 atom stereocenters. The fraction of sp³-hybridized carbons (Fsp3) is 0.333. The van der Waals surface area contributed by atoms with Crippen molar-refractivity contribution in [2.45, 2.75) is 32.6 Å². The lowest BCUT2D eigenvalue weighted by molar-refractivity contribution is -0.121. The molecule has 1 aliphatic carbocycles. The van der Waals surface area contributed by atoms with Gasteiger partial charge in [0.2, 0.25) is 5.91 Å². The highest BCUT2D eigenvalue weighted by atomic mass is 35.5. The van der Waals surface area contributed by atoms with Crippen LogP contribution in [-0.4, -0.2) is 11.8 Å². The maximum atomic E-state index is 13.7. The van der Waals surface area contributed by atoms with Crippen LogP contribution in [0.25, 0.3) is 0 Å². The molecule has 132 valence electrons. The normalized spacial score (nSPS) is 16.2. The number of amides is 2. The standard InChI is InChI=1S/C18H18ClFN2O2S/c1-10-5-6-15-11(7-10)8-16(25-15)18(24)22-21-17(23)9-12-13(19)3-2-4-14(12)20/h2-4,8,10H,5-7,9H2,1H3,(H,21,23)(H,22,24)/t10-/m0/s1. The highest BCUT2D eigenvalue weighted by molar-refractivity contribution is 7.14. The minimum atomic E-state index is -0.547. The zero-order valence-corrected chi connectivity index (χ0v) is 15.3. The van der Waals surface area contributed by atoms with E-state index in [1.54, 1.807) is 0 Å². The summed E-state index contributed by atoms with van der Waals surface area (Å²) in [6, 6.07) is 6.12. The van der Waals surface area contributed by atoms with E-state index in [9.17, 15) is 14.0 Å². The van der Waals surface area contributed by atoms with Crippen LogP contribution in [-0.2, 0) is 24.1 Å². The minimum absolute atomic E-state index is 0.108. The van der Waals surface area contributed by atoms with Crippen LogP contribution in [0.2, 0.25) is 5.02 Å². The summed E-state index contributed by atoms with van der Waals surface area (Å²) in [5.41, 5.74) is 6.03. The number of thiophene rings is 1. The molecule has 0 saturated carbocycles. The summed E-state index contributed by atoms with van der Waals surface area (Å²) < 4.78 is 13.7. The first-order chi connectivity index (χ1) is 11.9. The van der Waals surface area contributed by atoms with Crippen LogP contribution in [0.3, 0.4) is 0 Å². The van der Waals surface area contributed by atoms with Crippen molar-refractivity contribution in [2.75, 3.05) is 0 Å². The van der Waals surface area contributed by atoms with Crippen LogP contribution < -0.4 is 10.9 Å². The summed E-state index contributed by atoms with van der Waals surface area (Å²) in [6.07, 6.45) is 2.86. The SMILES string of the molecule is C[C@H]1CCc2sc(C(=O)NNC(=O)Cc3c(F)cccc3Cl)cc2C1. The monoisotopic (exact) mass is 380 g/mol. The lowest BCUT2D eigenvalue weighted by Crippen LogP contribution is -2.42. The molecule has 1 aromatic carbocycles. The molecule has 1 aromatic heterocycles. The van der Waals surface area contributed by atoms with Crippen LogP contribution in [0.5, 0.6) is 0 Å². The predicted molar refractivity (Wildman–Crippen MR) is 96.2 cm³/mol. The quantitative estimate of drug-likeness (QED) is 0.798.